The van der Waals surface area contributed by atoms with Gasteiger partial charge in [0.25, 0.3) is 5.91 Å². The highest BCUT2D eigenvalue weighted by molar-refractivity contribution is 7.89. The van der Waals surface area contributed by atoms with Gasteiger partial charge in [-0.05, 0) is 102 Å². The predicted octanol–water partition coefficient (Wildman–Crippen LogP) is 5.71. The monoisotopic (exact) mass is 766 g/mol. The molecule has 11 nitrogen and oxygen atoms in total. The molecule has 1 heterocycles. The van der Waals surface area contributed by atoms with Gasteiger partial charge in [0.1, 0.15) is 5.75 Å². The van der Waals surface area contributed by atoms with E-state index in [1.54, 1.807) is 30.2 Å². The second-order valence-corrected chi connectivity index (χ2v) is 13.9. The fraction of sp³-hybridized carbons (Fsp3) is 0.256. The standard InChI is InChI=1S/C37H40N4O5S.C2HF3O2/c1-46-34-15-10-28(11-16-34)14-19-36(42)41(26-29-12-17-35(18-13-29)47(38,44)45)27-30-6-4-7-31(24-30)32-8-5-9-33(25-32)37(43)39-20-23-40-21-2-3-22-40;3-2(4,5)1(6)7/h4-19,24-25H,2-3,20-23,26-27H2,1H3,(H,39,43)(H2,38,44,45);(H,6,7). The summed E-state index contributed by atoms with van der Waals surface area (Å²) in [6, 6.07) is 29.0. The zero-order valence-corrected chi connectivity index (χ0v) is 30.3. The molecule has 0 aromatic heterocycles. The van der Waals surface area contributed by atoms with Gasteiger partial charge in [0.15, 0.2) is 0 Å². The van der Waals surface area contributed by atoms with Crippen LogP contribution in [0.2, 0.25) is 0 Å². The van der Waals surface area contributed by atoms with E-state index in [-0.39, 0.29) is 23.3 Å². The third-order valence-corrected chi connectivity index (χ3v) is 9.31. The summed E-state index contributed by atoms with van der Waals surface area (Å²) in [6.07, 6.45) is 0.624. The number of rotatable bonds is 13. The lowest BCUT2D eigenvalue weighted by Gasteiger charge is -2.22. The number of nitrogens with two attached hydrogens (primary N) is 1. The number of alkyl halides is 3. The summed E-state index contributed by atoms with van der Waals surface area (Å²) in [6.45, 7) is 4.19. The average Bonchev–Trinajstić information content (AvgIpc) is 3.67. The Morgan fingerprint density at radius 2 is 1.48 bits per heavy atom. The van der Waals surface area contributed by atoms with Gasteiger partial charge in [0.05, 0.1) is 12.0 Å². The van der Waals surface area contributed by atoms with Crippen molar-refractivity contribution in [2.75, 3.05) is 33.3 Å². The van der Waals surface area contributed by atoms with Crippen LogP contribution in [0.25, 0.3) is 17.2 Å². The van der Waals surface area contributed by atoms with Gasteiger partial charge in [-0.3, -0.25) is 9.59 Å². The third kappa shape index (κ3) is 12.9. The van der Waals surface area contributed by atoms with E-state index in [4.69, 9.17) is 19.8 Å². The van der Waals surface area contributed by atoms with Crippen LogP contribution in [0, 0.1) is 0 Å². The van der Waals surface area contributed by atoms with E-state index >= 15 is 0 Å². The molecule has 0 atom stereocenters. The van der Waals surface area contributed by atoms with Crippen molar-refractivity contribution in [1.82, 2.24) is 15.1 Å². The number of amides is 2. The van der Waals surface area contributed by atoms with Crippen LogP contribution in [-0.4, -0.2) is 80.6 Å². The Balaban J connectivity index is 0.000000845. The number of carbonyl (C=O) groups excluding carboxylic acids is 2. The number of carbonyl (C=O) groups is 3. The van der Waals surface area contributed by atoms with Crippen LogP contribution in [0.5, 0.6) is 5.75 Å². The number of carboxylic acids is 1. The van der Waals surface area contributed by atoms with Crippen LogP contribution < -0.4 is 15.2 Å². The molecule has 0 unspecified atom stereocenters. The highest BCUT2D eigenvalue weighted by atomic mass is 32.2. The number of halogens is 3. The Labute approximate surface area is 311 Å². The van der Waals surface area contributed by atoms with Crippen molar-refractivity contribution < 1.29 is 45.8 Å². The SMILES string of the molecule is COc1ccc(C=CC(=O)N(Cc2ccc(S(N)(=O)=O)cc2)Cc2cccc(-c3cccc(C(=O)NCCN4CCCC4)c3)c2)cc1.O=C(O)C(F)(F)F. The molecule has 1 aliphatic heterocycles. The summed E-state index contributed by atoms with van der Waals surface area (Å²) in [5.74, 6) is -2.35. The first-order chi connectivity index (χ1) is 25.6. The maximum Gasteiger partial charge on any atom is 0.490 e. The van der Waals surface area contributed by atoms with Gasteiger partial charge in [0, 0.05) is 37.8 Å². The lowest BCUT2D eigenvalue weighted by Crippen LogP contribution is -2.33. The molecule has 54 heavy (non-hydrogen) atoms. The van der Waals surface area contributed by atoms with Crippen molar-refractivity contribution in [1.29, 1.82) is 0 Å². The van der Waals surface area contributed by atoms with E-state index in [0.717, 1.165) is 53.2 Å². The van der Waals surface area contributed by atoms with Crippen LogP contribution in [0.15, 0.2) is 108 Å². The largest absolute Gasteiger partial charge is 0.497 e. The Bertz CT molecular complexity index is 2030. The number of nitrogens with zero attached hydrogens (tertiary/aromatic N) is 2. The lowest BCUT2D eigenvalue weighted by molar-refractivity contribution is -0.192. The van der Waals surface area contributed by atoms with Gasteiger partial charge in [-0.25, -0.2) is 18.4 Å². The summed E-state index contributed by atoms with van der Waals surface area (Å²) in [7, 11) is -2.23. The lowest BCUT2D eigenvalue weighted by atomic mass is 10.0. The van der Waals surface area contributed by atoms with Crippen LogP contribution in [0.4, 0.5) is 13.2 Å². The van der Waals surface area contributed by atoms with E-state index in [9.17, 15) is 31.2 Å². The molecule has 1 aliphatic rings. The molecule has 286 valence electrons. The zero-order chi connectivity index (χ0) is 39.3. The van der Waals surface area contributed by atoms with Crippen LogP contribution in [0.1, 0.15) is 39.9 Å². The van der Waals surface area contributed by atoms with Crippen molar-refractivity contribution >= 4 is 33.9 Å². The van der Waals surface area contributed by atoms with Crippen LogP contribution >= 0.6 is 0 Å². The predicted molar refractivity (Wildman–Crippen MR) is 198 cm³/mol. The van der Waals surface area contributed by atoms with Crippen LogP contribution in [-0.2, 0) is 32.7 Å². The third-order valence-electron chi connectivity index (χ3n) is 8.38. The van der Waals surface area contributed by atoms with Crippen LogP contribution in [0.3, 0.4) is 0 Å². The smallest absolute Gasteiger partial charge is 0.490 e. The van der Waals surface area contributed by atoms with E-state index < -0.39 is 22.2 Å². The van der Waals surface area contributed by atoms with Gasteiger partial charge in [0.2, 0.25) is 15.9 Å². The molecule has 0 spiro atoms. The Morgan fingerprint density at radius 3 is 2.07 bits per heavy atom. The second-order valence-electron chi connectivity index (χ2n) is 12.4. The highest BCUT2D eigenvalue weighted by Gasteiger charge is 2.38. The summed E-state index contributed by atoms with van der Waals surface area (Å²) >= 11 is 0. The van der Waals surface area contributed by atoms with Gasteiger partial charge in [-0.2, -0.15) is 13.2 Å². The number of hydrogen-bond donors (Lipinski definition) is 3. The number of ether oxygens (including phenoxy) is 1. The first-order valence-electron chi connectivity index (χ1n) is 16.9. The fourth-order valence-electron chi connectivity index (χ4n) is 5.55. The van der Waals surface area contributed by atoms with Gasteiger partial charge in [-0.15, -0.1) is 0 Å². The summed E-state index contributed by atoms with van der Waals surface area (Å²) in [4.78, 5) is 39.4. The van der Waals surface area contributed by atoms with Gasteiger partial charge < -0.3 is 25.0 Å². The minimum Gasteiger partial charge on any atom is -0.497 e. The quantitative estimate of drug-likeness (QED) is 0.146. The topological polar surface area (TPSA) is 159 Å². The number of methoxy groups -OCH3 is 1. The van der Waals surface area contributed by atoms with Crippen molar-refractivity contribution in [3.63, 3.8) is 0 Å². The number of benzene rings is 4. The number of carboxylic acid groups (broad SMARTS) is 1. The molecule has 1 fully saturated rings. The molecule has 0 bridgehead atoms. The summed E-state index contributed by atoms with van der Waals surface area (Å²) < 4.78 is 60.5. The summed E-state index contributed by atoms with van der Waals surface area (Å²) in [5, 5.41) is 15.4. The van der Waals surface area contributed by atoms with E-state index in [1.807, 2.05) is 72.8 Å². The first kappa shape index (κ1) is 41.2. The summed E-state index contributed by atoms with van der Waals surface area (Å²) in [5.41, 5.74) is 4.91. The van der Waals surface area contributed by atoms with E-state index in [0.29, 0.717) is 18.7 Å². The number of primary sulfonamides is 1. The molecule has 4 N–H and O–H groups in total. The fourth-order valence-corrected chi connectivity index (χ4v) is 6.07. The molecule has 1 saturated heterocycles. The normalized spacial score (nSPS) is 13.2. The molecule has 15 heteroatoms. The van der Waals surface area contributed by atoms with Gasteiger partial charge >= 0.3 is 12.1 Å². The molecule has 0 saturated carbocycles. The molecule has 0 aliphatic carbocycles. The molecule has 4 aromatic rings. The minimum atomic E-state index is -5.08. The second kappa shape index (κ2) is 19.0. The zero-order valence-electron chi connectivity index (χ0n) is 29.5. The number of aliphatic carboxylic acids is 1. The minimum absolute atomic E-state index is 0.00809. The van der Waals surface area contributed by atoms with E-state index in [1.165, 1.54) is 31.1 Å². The maximum atomic E-state index is 13.6. The van der Waals surface area contributed by atoms with Gasteiger partial charge in [-0.1, -0.05) is 54.6 Å². The van der Waals surface area contributed by atoms with Crippen molar-refractivity contribution in [3.8, 4) is 16.9 Å². The average molecular weight is 767 g/mol. The molecular weight excluding hydrogens is 726 g/mol. The van der Waals surface area contributed by atoms with Crippen molar-refractivity contribution in [3.05, 3.63) is 125 Å². The molecular formula is C39H41F3N4O7S. The Hall–Kier alpha value is -5.51. The molecule has 0 radical (unpaired) electrons. The number of likely N-dealkylation sites (tertiary alicyclic amines) is 1. The molecule has 4 aromatic carbocycles. The Morgan fingerprint density at radius 1 is 0.889 bits per heavy atom. The number of sulfonamides is 1. The van der Waals surface area contributed by atoms with Crippen molar-refractivity contribution in [2.24, 2.45) is 5.14 Å². The van der Waals surface area contributed by atoms with Crippen molar-refractivity contribution in [2.45, 2.75) is 37.0 Å². The maximum absolute atomic E-state index is 13.6. The molecule has 5 rings (SSSR count). The number of nitrogens with one attached hydrogen (secondary N) is 1. The highest BCUT2D eigenvalue weighted by Crippen LogP contribution is 2.24. The number of hydrogen-bond acceptors (Lipinski definition) is 7. The molecule has 2 amide bonds. The Kier molecular flexibility index (Phi) is 14.5. The first-order valence-corrected chi connectivity index (χ1v) is 18.4. The van der Waals surface area contributed by atoms with E-state index in [2.05, 4.69) is 10.2 Å².